The highest BCUT2D eigenvalue weighted by atomic mass is 35.5. The average molecular weight is 386 g/mol. The molecule has 0 bridgehead atoms. The fourth-order valence-corrected chi connectivity index (χ4v) is 2.52. The minimum atomic E-state index is -0.356. The Balaban J connectivity index is 0.00000156. The molecule has 7 nitrogen and oxygen atoms in total. The number of nitrogens with two attached hydrogens (primary N) is 1. The summed E-state index contributed by atoms with van der Waals surface area (Å²) in [4.78, 5) is 14.4. The number of nitrogens with one attached hydrogen (secondary N) is 1. The molecule has 0 radical (unpaired) electrons. The monoisotopic (exact) mass is 385 g/mol. The number of nitrogen functional groups attached to an aromatic ring is 1. The van der Waals surface area contributed by atoms with Gasteiger partial charge in [-0.1, -0.05) is 0 Å². The van der Waals surface area contributed by atoms with Crippen LogP contribution in [0, 0.1) is 0 Å². The van der Waals surface area contributed by atoms with Gasteiger partial charge >= 0.3 is 0 Å². The van der Waals surface area contributed by atoms with Crippen molar-refractivity contribution in [1.29, 1.82) is 0 Å². The van der Waals surface area contributed by atoms with Crippen LogP contribution in [0.5, 0.6) is 5.75 Å². The van der Waals surface area contributed by atoms with Crippen LogP contribution in [0.15, 0.2) is 30.3 Å². The molecule has 1 amide bonds. The lowest BCUT2D eigenvalue weighted by Gasteiger charge is -2.15. The normalized spacial score (nSPS) is 12.8. The molecule has 1 aliphatic rings. The van der Waals surface area contributed by atoms with Crippen LogP contribution in [0.3, 0.4) is 0 Å². The third-order valence-electron chi connectivity index (χ3n) is 3.82. The van der Waals surface area contributed by atoms with E-state index in [0.717, 1.165) is 18.9 Å². The Hall–Kier alpha value is -2.25. The summed E-state index contributed by atoms with van der Waals surface area (Å²) in [6, 6.07) is 8.57. The topological polar surface area (TPSA) is 93.4 Å². The highest BCUT2D eigenvalue weighted by Crippen LogP contribution is 2.25. The molecule has 1 saturated heterocycles. The highest BCUT2D eigenvalue weighted by molar-refractivity contribution is 6.04. The first-order chi connectivity index (χ1) is 11.2. The molecule has 1 aromatic heterocycles. The third kappa shape index (κ3) is 4.87. The summed E-state index contributed by atoms with van der Waals surface area (Å²) in [5.74, 6) is 1.07. The number of hydrogen-bond donors (Lipinski definition) is 2. The van der Waals surface area contributed by atoms with Gasteiger partial charge in [-0.25, -0.2) is 0 Å². The number of benzene rings is 1. The number of carbonyl (C=O) groups is 1. The van der Waals surface area contributed by atoms with Crippen molar-refractivity contribution in [3.63, 3.8) is 0 Å². The molecule has 0 atom stereocenters. The zero-order valence-electron chi connectivity index (χ0n) is 13.8. The van der Waals surface area contributed by atoms with Crippen molar-refractivity contribution in [3.05, 3.63) is 36.0 Å². The van der Waals surface area contributed by atoms with Crippen molar-refractivity contribution in [2.24, 2.45) is 0 Å². The minimum Gasteiger partial charge on any atom is -0.497 e. The fraction of sp³-hybridized carbons (Fsp3) is 0.312. The Morgan fingerprint density at radius 3 is 2.48 bits per heavy atom. The third-order valence-corrected chi connectivity index (χ3v) is 3.82. The summed E-state index contributed by atoms with van der Waals surface area (Å²) < 4.78 is 5.13. The first kappa shape index (κ1) is 20.8. The molecule has 9 heteroatoms. The fourth-order valence-electron chi connectivity index (χ4n) is 2.52. The predicted octanol–water partition coefficient (Wildman–Crippen LogP) is 2.76. The minimum absolute atomic E-state index is 0. The van der Waals surface area contributed by atoms with Crippen LogP contribution < -0.4 is 20.7 Å². The Kier molecular flexibility index (Phi) is 7.73. The summed E-state index contributed by atoms with van der Waals surface area (Å²) >= 11 is 0. The van der Waals surface area contributed by atoms with Crippen LogP contribution in [0.25, 0.3) is 0 Å². The number of methoxy groups -OCH3 is 1. The van der Waals surface area contributed by atoms with E-state index in [1.807, 2.05) is 6.07 Å². The van der Waals surface area contributed by atoms with Crippen LogP contribution in [-0.4, -0.2) is 36.3 Å². The Morgan fingerprint density at radius 2 is 1.88 bits per heavy atom. The van der Waals surface area contributed by atoms with E-state index in [-0.39, 0.29) is 36.4 Å². The van der Waals surface area contributed by atoms with Crippen molar-refractivity contribution >= 4 is 47.9 Å². The maximum absolute atomic E-state index is 12.3. The second-order valence-electron chi connectivity index (χ2n) is 5.38. The van der Waals surface area contributed by atoms with Gasteiger partial charge in [0.05, 0.1) is 18.5 Å². The molecule has 3 rings (SSSR count). The number of halogens is 2. The van der Waals surface area contributed by atoms with Crippen molar-refractivity contribution in [3.8, 4) is 5.75 Å². The molecular weight excluding hydrogens is 365 g/mol. The summed E-state index contributed by atoms with van der Waals surface area (Å²) in [5, 5.41) is 10.9. The van der Waals surface area contributed by atoms with Crippen molar-refractivity contribution in [2.75, 3.05) is 36.1 Å². The molecule has 3 N–H and O–H groups in total. The lowest BCUT2D eigenvalue weighted by Crippen LogP contribution is -2.21. The molecule has 0 spiro atoms. The number of carbonyl (C=O) groups excluding carboxylic acids is 1. The number of nitrogens with zero attached hydrogens (tertiary/aromatic N) is 3. The molecule has 0 unspecified atom stereocenters. The van der Waals surface area contributed by atoms with Crippen molar-refractivity contribution in [1.82, 2.24) is 10.2 Å². The maximum Gasteiger partial charge on any atom is 0.276 e. The number of amides is 1. The first-order valence-electron chi connectivity index (χ1n) is 7.51. The molecule has 2 heterocycles. The largest absolute Gasteiger partial charge is 0.497 e. The van der Waals surface area contributed by atoms with Gasteiger partial charge in [-0.15, -0.1) is 35.0 Å². The summed E-state index contributed by atoms with van der Waals surface area (Å²) in [6.07, 6.45) is 2.33. The van der Waals surface area contributed by atoms with Crippen LogP contribution in [0.1, 0.15) is 23.3 Å². The smallest absolute Gasteiger partial charge is 0.276 e. The molecule has 2 aromatic rings. The van der Waals surface area contributed by atoms with Crippen LogP contribution in [0.4, 0.5) is 17.2 Å². The average Bonchev–Trinajstić information content (AvgIpc) is 3.11. The van der Waals surface area contributed by atoms with E-state index in [0.29, 0.717) is 17.1 Å². The summed E-state index contributed by atoms with van der Waals surface area (Å²) in [5.41, 5.74) is 7.05. The van der Waals surface area contributed by atoms with E-state index in [1.165, 1.54) is 12.8 Å². The van der Waals surface area contributed by atoms with Crippen LogP contribution in [0.2, 0.25) is 0 Å². The molecular formula is C16H21Cl2N5O2. The van der Waals surface area contributed by atoms with E-state index in [4.69, 9.17) is 10.5 Å². The number of hydrogen-bond acceptors (Lipinski definition) is 6. The van der Waals surface area contributed by atoms with Gasteiger partial charge in [-0.05, 0) is 37.1 Å². The number of aromatic nitrogens is 2. The van der Waals surface area contributed by atoms with E-state index < -0.39 is 0 Å². The SMILES string of the molecule is COc1ccc(N)c(NC(=O)c2ccc(N3CCCC3)nn2)c1.Cl.Cl. The Morgan fingerprint density at radius 1 is 1.16 bits per heavy atom. The second kappa shape index (κ2) is 9.29. The van der Waals surface area contributed by atoms with Gasteiger partial charge in [0.1, 0.15) is 5.75 Å². The van der Waals surface area contributed by atoms with Gasteiger partial charge in [0.25, 0.3) is 5.91 Å². The number of rotatable bonds is 4. The molecule has 1 aliphatic heterocycles. The Bertz CT molecular complexity index is 706. The zero-order valence-corrected chi connectivity index (χ0v) is 15.4. The zero-order chi connectivity index (χ0) is 16.2. The Labute approximate surface area is 158 Å². The van der Waals surface area contributed by atoms with E-state index >= 15 is 0 Å². The van der Waals surface area contributed by atoms with E-state index in [9.17, 15) is 4.79 Å². The van der Waals surface area contributed by atoms with Gasteiger partial charge in [-0.3, -0.25) is 4.79 Å². The molecule has 136 valence electrons. The summed E-state index contributed by atoms with van der Waals surface area (Å²) in [7, 11) is 1.56. The van der Waals surface area contributed by atoms with Crippen LogP contribution in [-0.2, 0) is 0 Å². The molecule has 1 fully saturated rings. The van der Waals surface area contributed by atoms with E-state index in [2.05, 4.69) is 20.4 Å². The van der Waals surface area contributed by atoms with Crippen molar-refractivity contribution < 1.29 is 9.53 Å². The molecule has 1 aromatic carbocycles. The lowest BCUT2D eigenvalue weighted by molar-refractivity contribution is 0.102. The predicted molar refractivity (Wildman–Crippen MR) is 103 cm³/mol. The van der Waals surface area contributed by atoms with Gasteiger partial charge in [0, 0.05) is 19.2 Å². The maximum atomic E-state index is 12.3. The highest BCUT2D eigenvalue weighted by Gasteiger charge is 2.16. The summed E-state index contributed by atoms with van der Waals surface area (Å²) in [6.45, 7) is 1.97. The van der Waals surface area contributed by atoms with Gasteiger partial charge in [0.2, 0.25) is 0 Å². The second-order valence-corrected chi connectivity index (χ2v) is 5.38. The number of ether oxygens (including phenoxy) is 1. The van der Waals surface area contributed by atoms with Gasteiger partial charge < -0.3 is 20.7 Å². The first-order valence-corrected chi connectivity index (χ1v) is 7.51. The molecule has 0 saturated carbocycles. The van der Waals surface area contributed by atoms with Gasteiger partial charge in [-0.2, -0.15) is 0 Å². The lowest BCUT2D eigenvalue weighted by atomic mass is 10.2. The standard InChI is InChI=1S/C16H19N5O2.2ClH/c1-23-11-4-5-12(17)14(10-11)18-16(22)13-6-7-15(20-19-13)21-8-2-3-9-21;;/h4-7,10H,2-3,8-9,17H2,1H3,(H,18,22);2*1H. The number of anilines is 3. The van der Waals surface area contributed by atoms with E-state index in [1.54, 1.807) is 31.4 Å². The molecule has 0 aliphatic carbocycles. The van der Waals surface area contributed by atoms with Crippen LogP contribution >= 0.6 is 24.8 Å². The molecule has 25 heavy (non-hydrogen) atoms. The van der Waals surface area contributed by atoms with Crippen molar-refractivity contribution in [2.45, 2.75) is 12.8 Å². The van der Waals surface area contributed by atoms with Gasteiger partial charge in [0.15, 0.2) is 11.5 Å². The quantitative estimate of drug-likeness (QED) is 0.785.